The highest BCUT2D eigenvalue weighted by atomic mass is 32.1. The summed E-state index contributed by atoms with van der Waals surface area (Å²) in [5.74, 6) is -0.0116. The molecule has 1 saturated carbocycles. The number of hydrogen-bond acceptors (Lipinski definition) is 5. The number of aromatic nitrogens is 5. The van der Waals surface area contributed by atoms with Gasteiger partial charge in [-0.25, -0.2) is 14.3 Å². The summed E-state index contributed by atoms with van der Waals surface area (Å²) >= 11 is 1.50. The van der Waals surface area contributed by atoms with Crippen LogP contribution in [-0.2, 0) is 0 Å². The van der Waals surface area contributed by atoms with E-state index in [1.54, 1.807) is 21.8 Å². The molecule has 1 aromatic carbocycles. The Morgan fingerprint density at radius 2 is 2.11 bits per heavy atom. The second-order valence-electron chi connectivity index (χ2n) is 6.88. The highest BCUT2D eigenvalue weighted by molar-refractivity contribution is 7.16. The number of thiazole rings is 1. The summed E-state index contributed by atoms with van der Waals surface area (Å²) in [5.41, 5.74) is 3.75. The average molecular weight is 390 g/mol. The van der Waals surface area contributed by atoms with Crippen molar-refractivity contribution in [3.63, 3.8) is 0 Å². The van der Waals surface area contributed by atoms with Crippen molar-refractivity contribution in [2.45, 2.75) is 25.8 Å². The van der Waals surface area contributed by atoms with E-state index >= 15 is 0 Å². The average Bonchev–Trinajstić information content (AvgIpc) is 3.17. The summed E-state index contributed by atoms with van der Waals surface area (Å²) in [7, 11) is 0. The number of hydrogen-bond donors (Lipinski definition) is 1. The molecule has 0 unspecified atom stereocenters. The Balaban J connectivity index is 1.43. The standard InChI is InChI=1S/C20H18N6OS/c1-13-3-4-14(19(27)24-16-5-6-16)9-17(13)15-10-23-26(12-15)18-11-21-20(28-18)25-8-2-7-22-25/h2-4,7-12,16H,5-6H2,1H3,(H,24,27). The van der Waals surface area contributed by atoms with Crippen molar-refractivity contribution in [1.82, 2.24) is 29.9 Å². The fourth-order valence-corrected chi connectivity index (χ4v) is 3.80. The zero-order valence-corrected chi connectivity index (χ0v) is 16.1. The first-order valence-corrected chi connectivity index (χ1v) is 9.92. The molecule has 140 valence electrons. The number of benzene rings is 1. The molecule has 1 N–H and O–H groups in total. The van der Waals surface area contributed by atoms with E-state index in [1.165, 1.54) is 11.3 Å². The van der Waals surface area contributed by atoms with Crippen LogP contribution in [0.3, 0.4) is 0 Å². The second-order valence-corrected chi connectivity index (χ2v) is 7.87. The Labute approximate surface area is 165 Å². The summed E-state index contributed by atoms with van der Waals surface area (Å²) < 4.78 is 3.53. The smallest absolute Gasteiger partial charge is 0.251 e. The third kappa shape index (κ3) is 3.22. The lowest BCUT2D eigenvalue weighted by molar-refractivity contribution is 0.0951. The summed E-state index contributed by atoms with van der Waals surface area (Å²) in [6.45, 7) is 2.04. The van der Waals surface area contributed by atoms with Crippen LogP contribution in [0.5, 0.6) is 0 Å². The summed E-state index contributed by atoms with van der Waals surface area (Å²) in [6.07, 6.45) is 11.3. The number of amides is 1. The lowest BCUT2D eigenvalue weighted by Gasteiger charge is -2.08. The van der Waals surface area contributed by atoms with Crippen LogP contribution in [0.15, 0.2) is 55.2 Å². The Morgan fingerprint density at radius 3 is 2.89 bits per heavy atom. The van der Waals surface area contributed by atoms with Gasteiger partial charge in [-0.1, -0.05) is 17.4 Å². The van der Waals surface area contributed by atoms with Gasteiger partial charge in [0.1, 0.15) is 5.00 Å². The minimum absolute atomic E-state index is 0.0116. The first kappa shape index (κ1) is 16.9. The van der Waals surface area contributed by atoms with Crippen LogP contribution in [0.4, 0.5) is 0 Å². The molecule has 1 aliphatic carbocycles. The van der Waals surface area contributed by atoms with Gasteiger partial charge < -0.3 is 5.32 Å². The number of carbonyl (C=O) groups excluding carboxylic acids is 1. The van der Waals surface area contributed by atoms with Crippen LogP contribution in [0.1, 0.15) is 28.8 Å². The van der Waals surface area contributed by atoms with Gasteiger partial charge in [0.2, 0.25) is 5.13 Å². The van der Waals surface area contributed by atoms with Crippen molar-refractivity contribution in [2.75, 3.05) is 0 Å². The fourth-order valence-electron chi connectivity index (χ4n) is 3.00. The number of aryl methyl sites for hydroxylation is 1. The Kier molecular flexibility index (Phi) is 4.05. The molecule has 0 saturated heterocycles. The molecule has 3 heterocycles. The molecule has 28 heavy (non-hydrogen) atoms. The van der Waals surface area contributed by atoms with E-state index in [-0.39, 0.29) is 5.91 Å². The number of nitrogens with one attached hydrogen (secondary N) is 1. The van der Waals surface area contributed by atoms with E-state index in [4.69, 9.17) is 0 Å². The third-order valence-electron chi connectivity index (χ3n) is 4.71. The van der Waals surface area contributed by atoms with Gasteiger partial charge in [-0.15, -0.1) is 0 Å². The Morgan fingerprint density at radius 1 is 1.21 bits per heavy atom. The van der Waals surface area contributed by atoms with Crippen molar-refractivity contribution in [2.24, 2.45) is 0 Å². The maximum atomic E-state index is 12.4. The molecule has 0 radical (unpaired) electrons. The fraction of sp³-hybridized carbons (Fsp3) is 0.200. The van der Waals surface area contributed by atoms with Crippen molar-refractivity contribution >= 4 is 17.2 Å². The lowest BCUT2D eigenvalue weighted by Crippen LogP contribution is -2.25. The molecule has 0 spiro atoms. The van der Waals surface area contributed by atoms with E-state index in [2.05, 4.69) is 20.5 Å². The molecule has 3 aromatic heterocycles. The monoisotopic (exact) mass is 390 g/mol. The van der Waals surface area contributed by atoms with E-state index in [0.717, 1.165) is 39.7 Å². The number of nitrogens with zero attached hydrogens (tertiary/aromatic N) is 5. The van der Waals surface area contributed by atoms with Crippen molar-refractivity contribution in [3.05, 3.63) is 66.4 Å². The van der Waals surface area contributed by atoms with Gasteiger partial charge in [0, 0.05) is 35.8 Å². The predicted molar refractivity (Wildman–Crippen MR) is 107 cm³/mol. The van der Waals surface area contributed by atoms with Gasteiger partial charge in [-0.2, -0.15) is 10.2 Å². The largest absolute Gasteiger partial charge is 0.349 e. The van der Waals surface area contributed by atoms with E-state index in [1.807, 2.05) is 49.8 Å². The van der Waals surface area contributed by atoms with Crippen LogP contribution in [0.2, 0.25) is 0 Å². The van der Waals surface area contributed by atoms with E-state index in [9.17, 15) is 4.79 Å². The Hall–Kier alpha value is -3.26. The molecule has 1 amide bonds. The van der Waals surface area contributed by atoms with Crippen molar-refractivity contribution in [1.29, 1.82) is 0 Å². The molecule has 4 aromatic rings. The van der Waals surface area contributed by atoms with Crippen LogP contribution in [0, 0.1) is 6.92 Å². The SMILES string of the molecule is Cc1ccc(C(=O)NC2CC2)cc1-c1cnn(-c2cnc(-n3cccn3)s2)c1. The van der Waals surface area contributed by atoms with Gasteiger partial charge in [0.25, 0.3) is 5.91 Å². The molecule has 0 aliphatic heterocycles. The van der Waals surface area contributed by atoms with Crippen molar-refractivity contribution in [3.8, 4) is 21.3 Å². The molecule has 7 nitrogen and oxygen atoms in total. The topological polar surface area (TPSA) is 77.6 Å². The molecule has 1 aliphatic rings. The van der Waals surface area contributed by atoms with Gasteiger partial charge in [0.05, 0.1) is 12.4 Å². The number of rotatable bonds is 5. The summed E-state index contributed by atoms with van der Waals surface area (Å²) in [4.78, 5) is 16.8. The van der Waals surface area contributed by atoms with Crippen LogP contribution in [0.25, 0.3) is 21.3 Å². The second kappa shape index (κ2) is 6.72. The Bertz CT molecular complexity index is 1140. The van der Waals surface area contributed by atoms with Gasteiger partial charge in [-0.05, 0) is 49.1 Å². The highest BCUT2D eigenvalue weighted by Gasteiger charge is 2.24. The normalized spacial score (nSPS) is 13.6. The minimum Gasteiger partial charge on any atom is -0.349 e. The van der Waals surface area contributed by atoms with Gasteiger partial charge in [-0.3, -0.25) is 4.79 Å². The predicted octanol–water partition coefficient (Wildman–Crippen LogP) is 3.38. The third-order valence-corrected chi connectivity index (χ3v) is 5.69. The van der Waals surface area contributed by atoms with Crippen LogP contribution >= 0.6 is 11.3 Å². The quantitative estimate of drug-likeness (QED) is 0.567. The highest BCUT2D eigenvalue weighted by Crippen LogP contribution is 2.27. The molecule has 0 bridgehead atoms. The first-order valence-electron chi connectivity index (χ1n) is 9.10. The van der Waals surface area contributed by atoms with Crippen LogP contribution < -0.4 is 5.32 Å². The molecule has 8 heteroatoms. The maximum Gasteiger partial charge on any atom is 0.251 e. The van der Waals surface area contributed by atoms with E-state index in [0.29, 0.717) is 11.6 Å². The zero-order chi connectivity index (χ0) is 19.1. The van der Waals surface area contributed by atoms with Crippen LogP contribution in [-0.4, -0.2) is 36.5 Å². The maximum absolute atomic E-state index is 12.4. The number of carbonyl (C=O) groups is 1. The minimum atomic E-state index is -0.0116. The molecular weight excluding hydrogens is 372 g/mol. The first-order chi connectivity index (χ1) is 13.7. The van der Waals surface area contributed by atoms with Gasteiger partial charge >= 0.3 is 0 Å². The zero-order valence-electron chi connectivity index (χ0n) is 15.2. The van der Waals surface area contributed by atoms with E-state index < -0.39 is 0 Å². The van der Waals surface area contributed by atoms with Crippen molar-refractivity contribution < 1.29 is 4.79 Å². The molecule has 1 fully saturated rings. The molecule has 0 atom stereocenters. The lowest BCUT2D eigenvalue weighted by atomic mass is 10.0. The summed E-state index contributed by atoms with van der Waals surface area (Å²) in [5, 5.41) is 13.4. The summed E-state index contributed by atoms with van der Waals surface area (Å²) in [6, 6.07) is 8.01. The molecular formula is C20H18N6OS. The molecule has 5 rings (SSSR count). The van der Waals surface area contributed by atoms with Gasteiger partial charge in [0.15, 0.2) is 0 Å².